The molecule has 2 heterocycles. The maximum atomic E-state index is 13.9. The van der Waals surface area contributed by atoms with E-state index >= 15 is 0 Å². The zero-order valence-electron chi connectivity index (χ0n) is 22.0. The van der Waals surface area contributed by atoms with E-state index in [0.29, 0.717) is 13.1 Å². The van der Waals surface area contributed by atoms with Gasteiger partial charge in [0.05, 0.1) is 0 Å². The number of aromatic nitrogens is 1. The highest BCUT2D eigenvalue weighted by Gasteiger charge is 2.25. The maximum absolute atomic E-state index is 13.9. The smallest absolute Gasteiger partial charge is 0.254 e. The van der Waals surface area contributed by atoms with Crippen molar-refractivity contribution in [2.24, 2.45) is 0 Å². The lowest BCUT2D eigenvalue weighted by Gasteiger charge is -2.25. The number of anilines is 2. The molecular weight excluding hydrogens is 480 g/mol. The van der Waals surface area contributed by atoms with Gasteiger partial charge in [0.1, 0.15) is 5.82 Å². The van der Waals surface area contributed by atoms with Gasteiger partial charge in [-0.15, -0.1) is 0 Å². The average molecular weight is 513 g/mol. The number of hydrogen-bond acceptors (Lipinski definition) is 4. The fourth-order valence-electron chi connectivity index (χ4n) is 5.42. The highest BCUT2D eigenvalue weighted by molar-refractivity contribution is 6.07. The van der Waals surface area contributed by atoms with Crippen LogP contribution in [0.2, 0.25) is 0 Å². The minimum Gasteiger partial charge on any atom is -0.370 e. The predicted molar refractivity (Wildman–Crippen MR) is 160 cm³/mol. The summed E-state index contributed by atoms with van der Waals surface area (Å²) in [6, 6.07) is 37.2. The number of rotatable bonds is 7. The molecule has 1 aliphatic rings. The molecule has 1 amide bonds. The van der Waals surface area contributed by atoms with Gasteiger partial charge in [-0.3, -0.25) is 4.79 Å². The van der Waals surface area contributed by atoms with E-state index in [1.165, 1.54) is 22.4 Å². The van der Waals surface area contributed by atoms with Crippen LogP contribution in [0.4, 0.5) is 11.5 Å². The Morgan fingerprint density at radius 2 is 1.62 bits per heavy atom. The van der Waals surface area contributed by atoms with E-state index < -0.39 is 0 Å². The molecule has 0 spiro atoms. The van der Waals surface area contributed by atoms with E-state index in [9.17, 15) is 4.79 Å². The van der Waals surface area contributed by atoms with Gasteiger partial charge in [-0.25, -0.2) is 4.98 Å². The summed E-state index contributed by atoms with van der Waals surface area (Å²) in [5.74, 6) is 0.981. The lowest BCUT2D eigenvalue weighted by molar-refractivity contribution is 0.0753. The Hall–Kier alpha value is -4.64. The van der Waals surface area contributed by atoms with Crippen LogP contribution in [0.5, 0.6) is 0 Å². The van der Waals surface area contributed by atoms with Gasteiger partial charge in [0.15, 0.2) is 0 Å². The second-order valence-electron chi connectivity index (χ2n) is 9.95. The number of nitrogens with zero attached hydrogens (tertiary/aromatic N) is 3. The average Bonchev–Trinajstić information content (AvgIpc) is 3.18. The molecule has 1 aliphatic heterocycles. The maximum Gasteiger partial charge on any atom is 0.254 e. The number of nitrogens with one attached hydrogen (secondary N) is 1. The quantitative estimate of drug-likeness (QED) is 0.242. The highest BCUT2D eigenvalue weighted by Crippen LogP contribution is 2.32. The first-order chi connectivity index (χ1) is 19.3. The molecule has 1 N–H and O–H groups in total. The van der Waals surface area contributed by atoms with Crippen LogP contribution in [0.15, 0.2) is 115 Å². The standard InChI is InChI=1S/C34H32N4O/c39-34(31-15-8-13-27-12-4-5-14-30(27)31)38-23-22-37(21-9-20-36-33-16-6-7-19-35-33)32-18-17-28(24-29(32)25-38)26-10-2-1-3-11-26/h1-8,10-19,24H,9,20-23,25H2,(H,35,36). The van der Waals surface area contributed by atoms with E-state index in [1.807, 2.05) is 59.5 Å². The molecule has 5 aromatic rings. The van der Waals surface area contributed by atoms with Crippen molar-refractivity contribution in [1.82, 2.24) is 9.88 Å². The molecule has 0 bridgehead atoms. The summed E-state index contributed by atoms with van der Waals surface area (Å²) in [7, 11) is 0. The first kappa shape index (κ1) is 24.7. The monoisotopic (exact) mass is 512 g/mol. The molecule has 0 unspecified atom stereocenters. The number of hydrogen-bond donors (Lipinski definition) is 1. The summed E-state index contributed by atoms with van der Waals surface area (Å²) in [4.78, 5) is 22.8. The van der Waals surface area contributed by atoms with Gasteiger partial charge < -0.3 is 15.1 Å². The Morgan fingerprint density at radius 1 is 0.795 bits per heavy atom. The predicted octanol–water partition coefficient (Wildman–Crippen LogP) is 6.87. The number of amides is 1. The lowest BCUT2D eigenvalue weighted by atomic mass is 10.0. The molecule has 0 aliphatic carbocycles. The molecule has 5 heteroatoms. The molecule has 39 heavy (non-hydrogen) atoms. The third-order valence-corrected chi connectivity index (χ3v) is 7.41. The fourth-order valence-corrected chi connectivity index (χ4v) is 5.42. The van der Waals surface area contributed by atoms with Gasteiger partial charge in [-0.2, -0.15) is 0 Å². The van der Waals surface area contributed by atoms with Crippen molar-refractivity contribution in [2.45, 2.75) is 13.0 Å². The minimum atomic E-state index is 0.0848. The summed E-state index contributed by atoms with van der Waals surface area (Å²) in [6.07, 6.45) is 2.77. The topological polar surface area (TPSA) is 48.5 Å². The van der Waals surface area contributed by atoms with Crippen LogP contribution in [0, 0.1) is 0 Å². The number of carbonyl (C=O) groups is 1. The summed E-state index contributed by atoms with van der Waals surface area (Å²) in [5, 5.41) is 5.51. The minimum absolute atomic E-state index is 0.0848. The van der Waals surface area contributed by atoms with Crippen LogP contribution in [-0.2, 0) is 6.54 Å². The molecule has 4 aromatic carbocycles. The summed E-state index contributed by atoms with van der Waals surface area (Å²) < 4.78 is 0. The second-order valence-corrected chi connectivity index (χ2v) is 9.95. The number of pyridine rings is 1. The number of benzene rings is 4. The first-order valence-corrected chi connectivity index (χ1v) is 13.6. The van der Waals surface area contributed by atoms with Crippen LogP contribution in [-0.4, -0.2) is 42.0 Å². The normalized spacial score (nSPS) is 13.1. The SMILES string of the molecule is O=C(c1cccc2ccccc12)N1CCN(CCCNc2ccccn2)c2ccc(-c3ccccc3)cc2C1. The largest absolute Gasteiger partial charge is 0.370 e. The molecule has 194 valence electrons. The molecule has 0 saturated heterocycles. The van der Waals surface area contributed by atoms with E-state index in [4.69, 9.17) is 0 Å². The van der Waals surface area contributed by atoms with Crippen LogP contribution < -0.4 is 10.2 Å². The highest BCUT2D eigenvalue weighted by atomic mass is 16.2. The second kappa shape index (κ2) is 11.4. The van der Waals surface area contributed by atoms with Gasteiger partial charge in [-0.05, 0) is 64.2 Å². The van der Waals surface area contributed by atoms with Crippen molar-refractivity contribution in [3.8, 4) is 11.1 Å². The van der Waals surface area contributed by atoms with E-state index in [0.717, 1.165) is 48.2 Å². The van der Waals surface area contributed by atoms with Gasteiger partial charge in [-0.1, -0.05) is 78.9 Å². The molecule has 6 rings (SSSR count). The Kier molecular flexibility index (Phi) is 7.21. The fraction of sp³-hybridized carbons (Fsp3) is 0.176. The zero-order valence-corrected chi connectivity index (χ0v) is 22.0. The third-order valence-electron chi connectivity index (χ3n) is 7.41. The van der Waals surface area contributed by atoms with Crippen LogP contribution >= 0.6 is 0 Å². The summed E-state index contributed by atoms with van der Waals surface area (Å²) in [6.45, 7) is 3.78. The molecular formula is C34H32N4O. The van der Waals surface area contributed by atoms with Crippen LogP contribution in [0.25, 0.3) is 21.9 Å². The summed E-state index contributed by atoms with van der Waals surface area (Å²) >= 11 is 0. The van der Waals surface area contributed by atoms with Crippen molar-refractivity contribution in [3.05, 3.63) is 127 Å². The Labute approximate surface area is 229 Å². The Balaban J connectivity index is 1.27. The van der Waals surface area contributed by atoms with Crippen molar-refractivity contribution in [3.63, 3.8) is 0 Å². The molecule has 0 fully saturated rings. The van der Waals surface area contributed by atoms with Crippen molar-refractivity contribution >= 4 is 28.2 Å². The van der Waals surface area contributed by atoms with Gasteiger partial charge >= 0.3 is 0 Å². The Morgan fingerprint density at radius 3 is 2.49 bits per heavy atom. The van der Waals surface area contributed by atoms with Gasteiger partial charge in [0, 0.05) is 50.2 Å². The first-order valence-electron chi connectivity index (χ1n) is 13.6. The molecule has 0 saturated carbocycles. The van der Waals surface area contributed by atoms with Gasteiger partial charge in [0.2, 0.25) is 0 Å². The van der Waals surface area contributed by atoms with Crippen molar-refractivity contribution in [2.75, 3.05) is 36.4 Å². The van der Waals surface area contributed by atoms with Crippen LogP contribution in [0.3, 0.4) is 0 Å². The third kappa shape index (κ3) is 5.48. The van der Waals surface area contributed by atoms with E-state index in [-0.39, 0.29) is 5.91 Å². The molecule has 0 atom stereocenters. The number of carbonyl (C=O) groups excluding carboxylic acids is 1. The molecule has 0 radical (unpaired) electrons. The van der Waals surface area contributed by atoms with Gasteiger partial charge in [0.25, 0.3) is 5.91 Å². The van der Waals surface area contributed by atoms with E-state index in [2.05, 4.69) is 69.8 Å². The van der Waals surface area contributed by atoms with Crippen molar-refractivity contribution < 1.29 is 4.79 Å². The lowest BCUT2D eigenvalue weighted by Crippen LogP contribution is -2.36. The Bertz CT molecular complexity index is 1560. The zero-order chi connectivity index (χ0) is 26.4. The number of fused-ring (bicyclic) bond motifs is 2. The van der Waals surface area contributed by atoms with Crippen molar-refractivity contribution in [1.29, 1.82) is 0 Å². The van der Waals surface area contributed by atoms with E-state index in [1.54, 1.807) is 6.20 Å². The van der Waals surface area contributed by atoms with Crippen LogP contribution in [0.1, 0.15) is 22.3 Å². The molecule has 1 aromatic heterocycles. The molecule has 5 nitrogen and oxygen atoms in total. The summed E-state index contributed by atoms with van der Waals surface area (Å²) in [5.41, 5.74) is 5.51.